The summed E-state index contributed by atoms with van der Waals surface area (Å²) in [4.78, 5) is 0. The van der Waals surface area contributed by atoms with Gasteiger partial charge in [0, 0.05) is 5.56 Å². The first-order chi connectivity index (χ1) is 15.2. The predicted molar refractivity (Wildman–Crippen MR) is 132 cm³/mol. The number of hydrogen-bond donors (Lipinski definition) is 0. The van der Waals surface area contributed by atoms with E-state index in [0.29, 0.717) is 0 Å². The van der Waals surface area contributed by atoms with Crippen molar-refractivity contribution in [2.45, 2.75) is 58.3 Å². The van der Waals surface area contributed by atoms with Gasteiger partial charge in [0.05, 0.1) is 12.0 Å². The zero-order valence-corrected chi connectivity index (χ0v) is 19.2. The Balaban J connectivity index is 1.91. The number of hydrogen-bond acceptors (Lipinski definition) is 1. The van der Waals surface area contributed by atoms with Gasteiger partial charge in [-0.3, -0.25) is 0 Å². The van der Waals surface area contributed by atoms with Gasteiger partial charge < -0.3 is 4.74 Å². The third-order valence-electron chi connectivity index (χ3n) is 5.77. The van der Waals surface area contributed by atoms with Gasteiger partial charge in [0.15, 0.2) is 0 Å². The molecular formula is C30H34O. The minimum atomic E-state index is -0.227. The molecule has 0 saturated carbocycles. The fraction of sp³-hybridized carbons (Fsp3) is 0.333. The Hall–Kier alpha value is -2.98. The SMILES string of the molecule is CCCOc1ccc(CC(C#Cc2ccc(CCC)cc2)(CC)c2ccccc2)cc1. The van der Waals surface area contributed by atoms with Gasteiger partial charge in [-0.05, 0) is 66.6 Å². The summed E-state index contributed by atoms with van der Waals surface area (Å²) in [6.07, 6.45) is 5.13. The molecule has 0 heterocycles. The molecule has 1 unspecified atom stereocenters. The lowest BCUT2D eigenvalue weighted by molar-refractivity contribution is 0.317. The minimum Gasteiger partial charge on any atom is -0.494 e. The summed E-state index contributed by atoms with van der Waals surface area (Å²) in [7, 11) is 0. The summed E-state index contributed by atoms with van der Waals surface area (Å²) in [6, 6.07) is 28.0. The summed E-state index contributed by atoms with van der Waals surface area (Å²) in [5.74, 6) is 8.11. The molecule has 0 radical (unpaired) electrons. The number of aryl methyl sites for hydroxylation is 1. The zero-order valence-electron chi connectivity index (χ0n) is 19.2. The van der Waals surface area contributed by atoms with Gasteiger partial charge in [-0.25, -0.2) is 0 Å². The Morgan fingerprint density at radius 2 is 1.42 bits per heavy atom. The standard InChI is InChI=1S/C30H34O/c1-4-10-25-13-15-26(16-14-25)21-22-30(6-3,28-11-8-7-9-12-28)24-27-17-19-29(20-18-27)31-23-5-2/h7-9,11-20H,4-6,10,23-24H2,1-3H3. The third-order valence-corrected chi connectivity index (χ3v) is 5.77. The van der Waals surface area contributed by atoms with Crippen molar-refractivity contribution < 1.29 is 4.74 Å². The Labute approximate surface area is 188 Å². The molecule has 0 N–H and O–H groups in total. The Morgan fingerprint density at radius 3 is 2.03 bits per heavy atom. The number of benzene rings is 3. The van der Waals surface area contributed by atoms with Crippen LogP contribution in [0.3, 0.4) is 0 Å². The lowest BCUT2D eigenvalue weighted by Gasteiger charge is -2.28. The van der Waals surface area contributed by atoms with Crippen LogP contribution in [0.1, 0.15) is 62.3 Å². The maximum Gasteiger partial charge on any atom is 0.119 e. The van der Waals surface area contributed by atoms with Crippen LogP contribution in [0, 0.1) is 11.8 Å². The van der Waals surface area contributed by atoms with E-state index in [1.54, 1.807) is 0 Å². The molecule has 3 aromatic rings. The molecule has 160 valence electrons. The van der Waals surface area contributed by atoms with Crippen LogP contribution in [0.4, 0.5) is 0 Å². The minimum absolute atomic E-state index is 0.227. The van der Waals surface area contributed by atoms with Crippen LogP contribution in [0.25, 0.3) is 0 Å². The summed E-state index contributed by atoms with van der Waals surface area (Å²) >= 11 is 0. The van der Waals surface area contributed by atoms with Crippen LogP contribution >= 0.6 is 0 Å². The van der Waals surface area contributed by atoms with E-state index in [1.807, 2.05) is 0 Å². The molecule has 0 aromatic heterocycles. The second kappa shape index (κ2) is 11.4. The van der Waals surface area contributed by atoms with Crippen LogP contribution in [0.15, 0.2) is 78.9 Å². The second-order valence-electron chi connectivity index (χ2n) is 8.17. The molecule has 0 aliphatic rings. The van der Waals surface area contributed by atoms with Crippen LogP contribution in [-0.4, -0.2) is 6.61 Å². The molecule has 31 heavy (non-hydrogen) atoms. The van der Waals surface area contributed by atoms with Crippen molar-refractivity contribution in [1.29, 1.82) is 0 Å². The fourth-order valence-electron chi connectivity index (χ4n) is 3.90. The molecule has 0 aliphatic heterocycles. The topological polar surface area (TPSA) is 9.23 Å². The normalized spacial score (nSPS) is 12.5. The van der Waals surface area contributed by atoms with Crippen LogP contribution in [0.2, 0.25) is 0 Å². The van der Waals surface area contributed by atoms with E-state index in [1.165, 1.54) is 23.1 Å². The zero-order chi connectivity index (χ0) is 21.9. The fourth-order valence-corrected chi connectivity index (χ4v) is 3.90. The lowest BCUT2D eigenvalue weighted by atomic mass is 9.74. The van der Waals surface area contributed by atoms with Gasteiger partial charge in [-0.1, -0.05) is 93.6 Å². The highest BCUT2D eigenvalue weighted by molar-refractivity contribution is 5.44. The number of rotatable bonds is 9. The van der Waals surface area contributed by atoms with E-state index >= 15 is 0 Å². The molecule has 1 nitrogen and oxygen atoms in total. The predicted octanol–water partition coefficient (Wildman–Crippen LogP) is 7.37. The van der Waals surface area contributed by atoms with Gasteiger partial charge in [0.2, 0.25) is 0 Å². The van der Waals surface area contributed by atoms with Crippen molar-refractivity contribution in [2.75, 3.05) is 6.61 Å². The first-order valence-corrected chi connectivity index (χ1v) is 11.6. The molecule has 0 bridgehead atoms. The first-order valence-electron chi connectivity index (χ1n) is 11.6. The Morgan fingerprint density at radius 1 is 0.742 bits per heavy atom. The highest BCUT2D eigenvalue weighted by Crippen LogP contribution is 2.32. The molecule has 0 amide bonds. The lowest BCUT2D eigenvalue weighted by Crippen LogP contribution is -2.26. The van der Waals surface area contributed by atoms with E-state index in [-0.39, 0.29) is 5.41 Å². The van der Waals surface area contributed by atoms with E-state index in [2.05, 4.69) is 111 Å². The van der Waals surface area contributed by atoms with Crippen LogP contribution < -0.4 is 4.74 Å². The summed E-state index contributed by atoms with van der Waals surface area (Å²) in [5.41, 5.74) is 4.79. The van der Waals surface area contributed by atoms with Gasteiger partial charge in [0.1, 0.15) is 5.75 Å². The molecular weight excluding hydrogens is 376 g/mol. The van der Waals surface area contributed by atoms with E-state index < -0.39 is 0 Å². The molecule has 3 aromatic carbocycles. The maximum absolute atomic E-state index is 5.76. The van der Waals surface area contributed by atoms with E-state index in [4.69, 9.17) is 4.74 Å². The molecule has 0 saturated heterocycles. The van der Waals surface area contributed by atoms with Crippen molar-refractivity contribution in [3.05, 3.63) is 101 Å². The van der Waals surface area contributed by atoms with Crippen molar-refractivity contribution >= 4 is 0 Å². The van der Waals surface area contributed by atoms with Gasteiger partial charge >= 0.3 is 0 Å². The molecule has 1 atom stereocenters. The first kappa shape index (κ1) is 22.7. The average Bonchev–Trinajstić information content (AvgIpc) is 2.83. The van der Waals surface area contributed by atoms with Gasteiger partial charge in [-0.15, -0.1) is 0 Å². The average molecular weight is 411 g/mol. The molecule has 0 spiro atoms. The van der Waals surface area contributed by atoms with Crippen molar-refractivity contribution in [3.8, 4) is 17.6 Å². The summed E-state index contributed by atoms with van der Waals surface area (Å²) in [5, 5.41) is 0. The summed E-state index contributed by atoms with van der Waals surface area (Å²) < 4.78 is 5.76. The van der Waals surface area contributed by atoms with Crippen molar-refractivity contribution in [2.24, 2.45) is 0 Å². The maximum atomic E-state index is 5.76. The molecule has 3 rings (SSSR count). The van der Waals surface area contributed by atoms with Gasteiger partial charge in [0.25, 0.3) is 0 Å². The molecule has 0 fully saturated rings. The Kier molecular flexibility index (Phi) is 8.36. The van der Waals surface area contributed by atoms with E-state index in [9.17, 15) is 0 Å². The molecule has 1 heteroatoms. The quantitative estimate of drug-likeness (QED) is 0.335. The number of ether oxygens (including phenoxy) is 1. The van der Waals surface area contributed by atoms with Crippen molar-refractivity contribution in [3.63, 3.8) is 0 Å². The van der Waals surface area contributed by atoms with Crippen LogP contribution in [-0.2, 0) is 18.3 Å². The largest absolute Gasteiger partial charge is 0.494 e. The smallest absolute Gasteiger partial charge is 0.119 e. The molecule has 0 aliphatic carbocycles. The third kappa shape index (κ3) is 6.25. The van der Waals surface area contributed by atoms with Gasteiger partial charge in [-0.2, -0.15) is 0 Å². The summed E-state index contributed by atoms with van der Waals surface area (Å²) in [6.45, 7) is 7.33. The van der Waals surface area contributed by atoms with Crippen molar-refractivity contribution in [1.82, 2.24) is 0 Å². The highest BCUT2D eigenvalue weighted by Gasteiger charge is 2.28. The Bertz CT molecular complexity index is 975. The van der Waals surface area contributed by atoms with Crippen LogP contribution in [0.5, 0.6) is 5.75 Å². The van der Waals surface area contributed by atoms with E-state index in [0.717, 1.165) is 43.6 Å². The highest BCUT2D eigenvalue weighted by atomic mass is 16.5. The second-order valence-corrected chi connectivity index (χ2v) is 8.17. The monoisotopic (exact) mass is 410 g/mol.